The summed E-state index contributed by atoms with van der Waals surface area (Å²) in [4.78, 5) is 22.4. The minimum atomic E-state index is -1.01. The largest absolute Gasteiger partial charge is 0.480 e. The standard InChI is InChI=1S/C9H18N2O4/c1-3-7(10-2)4-11(5-8(12)13)6-9(14)15/h7,10H,3-6H2,1-2H3,(H,12,13)(H,14,15). The summed E-state index contributed by atoms with van der Waals surface area (Å²) in [5.74, 6) is -2.02. The second kappa shape index (κ2) is 7.19. The third kappa shape index (κ3) is 6.87. The molecule has 0 aliphatic heterocycles. The number of carbonyl (C=O) groups is 2. The molecule has 0 heterocycles. The normalized spacial score (nSPS) is 12.7. The van der Waals surface area contributed by atoms with E-state index < -0.39 is 11.9 Å². The van der Waals surface area contributed by atoms with Gasteiger partial charge in [-0.1, -0.05) is 6.92 Å². The second-order valence-electron chi connectivity index (χ2n) is 3.35. The summed E-state index contributed by atoms with van der Waals surface area (Å²) in [6.07, 6.45) is 0.826. The van der Waals surface area contributed by atoms with Gasteiger partial charge in [-0.15, -0.1) is 0 Å². The molecule has 0 aliphatic carbocycles. The highest BCUT2D eigenvalue weighted by Crippen LogP contribution is 1.96. The van der Waals surface area contributed by atoms with Crippen LogP contribution in [0.1, 0.15) is 13.3 Å². The third-order valence-corrected chi connectivity index (χ3v) is 2.10. The number of aliphatic carboxylic acids is 2. The van der Waals surface area contributed by atoms with E-state index >= 15 is 0 Å². The van der Waals surface area contributed by atoms with Gasteiger partial charge in [0.25, 0.3) is 0 Å². The molecular weight excluding hydrogens is 200 g/mol. The molecule has 0 radical (unpaired) electrons. The van der Waals surface area contributed by atoms with E-state index in [2.05, 4.69) is 5.32 Å². The van der Waals surface area contributed by atoms with E-state index in [1.165, 1.54) is 4.90 Å². The Hall–Kier alpha value is -1.14. The Labute approximate surface area is 88.9 Å². The molecule has 0 bridgehead atoms. The van der Waals surface area contributed by atoms with E-state index in [0.717, 1.165) is 6.42 Å². The van der Waals surface area contributed by atoms with Crippen molar-refractivity contribution in [2.24, 2.45) is 0 Å². The van der Waals surface area contributed by atoms with Gasteiger partial charge in [0.1, 0.15) is 0 Å². The summed E-state index contributed by atoms with van der Waals surface area (Å²) in [5.41, 5.74) is 0. The van der Waals surface area contributed by atoms with Crippen LogP contribution in [0.4, 0.5) is 0 Å². The van der Waals surface area contributed by atoms with Crippen LogP contribution in [0.5, 0.6) is 0 Å². The highest BCUT2D eigenvalue weighted by atomic mass is 16.4. The summed E-state index contributed by atoms with van der Waals surface area (Å²) < 4.78 is 0. The molecule has 1 unspecified atom stereocenters. The molecule has 0 aromatic rings. The molecule has 0 saturated heterocycles. The van der Waals surface area contributed by atoms with Crippen LogP contribution < -0.4 is 5.32 Å². The molecular formula is C9H18N2O4. The van der Waals surface area contributed by atoms with E-state index in [1.54, 1.807) is 7.05 Å². The van der Waals surface area contributed by atoms with Gasteiger partial charge in [0.2, 0.25) is 0 Å². The monoisotopic (exact) mass is 218 g/mol. The molecule has 0 saturated carbocycles. The molecule has 3 N–H and O–H groups in total. The summed E-state index contributed by atoms with van der Waals surface area (Å²) >= 11 is 0. The predicted molar refractivity (Wildman–Crippen MR) is 54.9 cm³/mol. The van der Waals surface area contributed by atoms with E-state index in [4.69, 9.17) is 10.2 Å². The van der Waals surface area contributed by atoms with Crippen molar-refractivity contribution in [3.8, 4) is 0 Å². The first-order valence-electron chi connectivity index (χ1n) is 4.82. The molecule has 0 fully saturated rings. The van der Waals surface area contributed by atoms with Crippen LogP contribution in [0.3, 0.4) is 0 Å². The van der Waals surface area contributed by atoms with Crippen molar-refractivity contribution in [2.75, 3.05) is 26.7 Å². The Morgan fingerprint density at radius 1 is 1.27 bits per heavy atom. The number of hydrogen-bond acceptors (Lipinski definition) is 4. The molecule has 88 valence electrons. The molecule has 6 heteroatoms. The maximum Gasteiger partial charge on any atom is 0.317 e. The van der Waals surface area contributed by atoms with Crippen LogP contribution in [-0.4, -0.2) is 59.8 Å². The summed E-state index contributed by atoms with van der Waals surface area (Å²) in [5, 5.41) is 20.2. The molecule has 6 nitrogen and oxygen atoms in total. The van der Waals surface area contributed by atoms with Gasteiger partial charge in [-0.2, -0.15) is 0 Å². The van der Waals surface area contributed by atoms with Gasteiger partial charge in [0, 0.05) is 12.6 Å². The fourth-order valence-electron chi connectivity index (χ4n) is 1.30. The Morgan fingerprint density at radius 3 is 2.00 bits per heavy atom. The Bertz CT molecular complexity index is 200. The lowest BCUT2D eigenvalue weighted by Crippen LogP contribution is -2.43. The Kier molecular flexibility index (Phi) is 6.64. The highest BCUT2D eigenvalue weighted by Gasteiger charge is 2.16. The maximum atomic E-state index is 10.5. The average molecular weight is 218 g/mol. The molecule has 0 aliphatic rings. The second-order valence-corrected chi connectivity index (χ2v) is 3.35. The van der Waals surface area contributed by atoms with Gasteiger partial charge in [-0.3, -0.25) is 14.5 Å². The quantitative estimate of drug-likeness (QED) is 0.507. The van der Waals surface area contributed by atoms with Crippen molar-refractivity contribution in [1.82, 2.24) is 10.2 Å². The van der Waals surface area contributed by atoms with Crippen LogP contribution in [0.15, 0.2) is 0 Å². The predicted octanol–water partition coefficient (Wildman–Crippen LogP) is -0.544. The molecule has 0 rings (SSSR count). The lowest BCUT2D eigenvalue weighted by molar-refractivity contribution is -0.141. The van der Waals surface area contributed by atoms with Crippen molar-refractivity contribution in [1.29, 1.82) is 0 Å². The van der Waals surface area contributed by atoms with Crippen LogP contribution in [-0.2, 0) is 9.59 Å². The number of rotatable bonds is 8. The number of nitrogens with one attached hydrogen (secondary N) is 1. The fraction of sp³-hybridized carbons (Fsp3) is 0.778. The van der Waals surface area contributed by atoms with Crippen molar-refractivity contribution in [3.63, 3.8) is 0 Å². The van der Waals surface area contributed by atoms with E-state index in [1.807, 2.05) is 6.92 Å². The average Bonchev–Trinajstić information content (AvgIpc) is 2.11. The molecule has 0 amide bonds. The van der Waals surface area contributed by atoms with Crippen molar-refractivity contribution in [2.45, 2.75) is 19.4 Å². The summed E-state index contributed by atoms with van der Waals surface area (Å²) in [7, 11) is 1.77. The lowest BCUT2D eigenvalue weighted by Gasteiger charge is -2.23. The minimum absolute atomic E-state index is 0.115. The van der Waals surface area contributed by atoms with Crippen molar-refractivity contribution >= 4 is 11.9 Å². The number of carboxylic acids is 2. The zero-order chi connectivity index (χ0) is 11.8. The van der Waals surface area contributed by atoms with Crippen LogP contribution >= 0.6 is 0 Å². The van der Waals surface area contributed by atoms with Gasteiger partial charge < -0.3 is 15.5 Å². The van der Waals surface area contributed by atoms with E-state index in [-0.39, 0.29) is 19.1 Å². The van der Waals surface area contributed by atoms with Crippen LogP contribution in [0.25, 0.3) is 0 Å². The lowest BCUT2D eigenvalue weighted by atomic mass is 10.2. The van der Waals surface area contributed by atoms with Gasteiger partial charge in [-0.25, -0.2) is 0 Å². The molecule has 0 spiro atoms. The van der Waals surface area contributed by atoms with Gasteiger partial charge in [-0.05, 0) is 13.5 Å². The summed E-state index contributed by atoms with van der Waals surface area (Å²) in [6.45, 7) is 1.89. The zero-order valence-corrected chi connectivity index (χ0v) is 9.06. The molecule has 1 atom stereocenters. The first-order chi connectivity index (χ1) is 6.99. The van der Waals surface area contributed by atoms with Crippen molar-refractivity contribution < 1.29 is 19.8 Å². The molecule has 0 aromatic heterocycles. The van der Waals surface area contributed by atoms with Crippen LogP contribution in [0.2, 0.25) is 0 Å². The maximum absolute atomic E-state index is 10.5. The Balaban J connectivity index is 4.21. The minimum Gasteiger partial charge on any atom is -0.480 e. The Morgan fingerprint density at radius 2 is 1.73 bits per heavy atom. The number of likely N-dealkylation sites (N-methyl/N-ethyl adjacent to an activating group) is 1. The van der Waals surface area contributed by atoms with Gasteiger partial charge in [0.05, 0.1) is 13.1 Å². The smallest absolute Gasteiger partial charge is 0.317 e. The van der Waals surface area contributed by atoms with Crippen molar-refractivity contribution in [3.05, 3.63) is 0 Å². The van der Waals surface area contributed by atoms with E-state index in [9.17, 15) is 9.59 Å². The zero-order valence-electron chi connectivity index (χ0n) is 9.06. The number of hydrogen-bond donors (Lipinski definition) is 3. The summed E-state index contributed by atoms with van der Waals surface area (Å²) in [6, 6.07) is 0.115. The molecule has 0 aromatic carbocycles. The highest BCUT2D eigenvalue weighted by molar-refractivity contribution is 5.72. The topological polar surface area (TPSA) is 89.9 Å². The number of nitrogens with zero attached hydrogens (tertiary/aromatic N) is 1. The van der Waals surface area contributed by atoms with E-state index in [0.29, 0.717) is 6.54 Å². The van der Waals surface area contributed by atoms with Gasteiger partial charge in [0.15, 0.2) is 0 Å². The number of carboxylic acid groups (broad SMARTS) is 2. The fourth-order valence-corrected chi connectivity index (χ4v) is 1.30. The third-order valence-electron chi connectivity index (χ3n) is 2.10. The SMILES string of the molecule is CCC(CN(CC(=O)O)CC(=O)O)NC. The first-order valence-corrected chi connectivity index (χ1v) is 4.82. The van der Waals surface area contributed by atoms with Crippen LogP contribution in [0, 0.1) is 0 Å². The van der Waals surface area contributed by atoms with Gasteiger partial charge >= 0.3 is 11.9 Å². The molecule has 15 heavy (non-hydrogen) atoms. The first kappa shape index (κ1) is 13.9.